The zero-order chi connectivity index (χ0) is 13.5. The molecule has 106 valence electrons. The van der Waals surface area contributed by atoms with Crippen LogP contribution in [0.5, 0.6) is 0 Å². The molecule has 0 saturated carbocycles. The molecule has 2 unspecified atom stereocenters. The van der Waals surface area contributed by atoms with E-state index in [-0.39, 0.29) is 0 Å². The van der Waals surface area contributed by atoms with Crippen molar-refractivity contribution in [1.82, 2.24) is 10.2 Å². The Morgan fingerprint density at radius 2 is 2.32 bits per heavy atom. The number of rotatable bonds is 2. The van der Waals surface area contributed by atoms with Crippen LogP contribution in [-0.4, -0.2) is 30.6 Å². The lowest BCUT2D eigenvalue weighted by atomic mass is 9.77. The molecule has 1 saturated heterocycles. The Morgan fingerprint density at radius 3 is 3.11 bits per heavy atom. The maximum absolute atomic E-state index is 3.76. The zero-order valence-corrected chi connectivity index (χ0v) is 13.2. The quantitative estimate of drug-likeness (QED) is 0.891. The van der Waals surface area contributed by atoms with Gasteiger partial charge in [-0.25, -0.2) is 0 Å². The minimum atomic E-state index is 0.437. The summed E-state index contributed by atoms with van der Waals surface area (Å²) in [6.07, 6.45) is 3.93. The van der Waals surface area contributed by atoms with Gasteiger partial charge in [0.15, 0.2) is 0 Å². The topological polar surface area (TPSA) is 15.3 Å². The molecule has 0 aliphatic carbocycles. The SMILES string of the molecule is CC1c2ccsc2CCN1CC1NCCCC1(C)C. The van der Waals surface area contributed by atoms with Crippen molar-refractivity contribution in [3.8, 4) is 0 Å². The van der Waals surface area contributed by atoms with Gasteiger partial charge in [-0.15, -0.1) is 11.3 Å². The van der Waals surface area contributed by atoms with Gasteiger partial charge in [0, 0.05) is 30.1 Å². The average molecular weight is 278 g/mol. The van der Waals surface area contributed by atoms with Crippen molar-refractivity contribution >= 4 is 11.3 Å². The van der Waals surface area contributed by atoms with Crippen LogP contribution in [0.25, 0.3) is 0 Å². The summed E-state index contributed by atoms with van der Waals surface area (Å²) < 4.78 is 0. The van der Waals surface area contributed by atoms with Crippen molar-refractivity contribution in [2.24, 2.45) is 5.41 Å². The Bertz CT molecular complexity index is 438. The molecule has 2 atom stereocenters. The van der Waals surface area contributed by atoms with E-state index in [2.05, 4.69) is 42.4 Å². The third-order valence-electron chi connectivity index (χ3n) is 5.15. The Morgan fingerprint density at radius 1 is 1.47 bits per heavy atom. The van der Waals surface area contributed by atoms with Crippen LogP contribution >= 0.6 is 11.3 Å². The lowest BCUT2D eigenvalue weighted by Gasteiger charge is -2.44. The minimum Gasteiger partial charge on any atom is -0.312 e. The van der Waals surface area contributed by atoms with E-state index in [9.17, 15) is 0 Å². The largest absolute Gasteiger partial charge is 0.312 e. The third kappa shape index (κ3) is 2.61. The van der Waals surface area contributed by atoms with Crippen LogP contribution in [0.3, 0.4) is 0 Å². The standard InChI is InChI=1S/C16H26N2S/c1-12-13-6-10-19-14(13)5-9-18(12)11-15-16(2,3)7-4-8-17-15/h6,10,12,15,17H,4-5,7-9,11H2,1-3H3. The Hall–Kier alpha value is -0.380. The fourth-order valence-electron chi connectivity index (χ4n) is 3.63. The molecule has 1 N–H and O–H groups in total. The van der Waals surface area contributed by atoms with Crippen LogP contribution in [0.2, 0.25) is 0 Å². The molecular weight excluding hydrogens is 252 g/mol. The molecule has 1 fully saturated rings. The summed E-state index contributed by atoms with van der Waals surface area (Å²) >= 11 is 1.93. The minimum absolute atomic E-state index is 0.437. The van der Waals surface area contributed by atoms with Gasteiger partial charge in [-0.1, -0.05) is 13.8 Å². The number of piperidine rings is 1. The van der Waals surface area contributed by atoms with Gasteiger partial charge < -0.3 is 5.32 Å². The Balaban J connectivity index is 1.71. The monoisotopic (exact) mass is 278 g/mol. The van der Waals surface area contributed by atoms with E-state index < -0.39 is 0 Å². The molecule has 1 aromatic heterocycles. The third-order valence-corrected chi connectivity index (χ3v) is 6.15. The lowest BCUT2D eigenvalue weighted by Crippen LogP contribution is -2.54. The number of nitrogens with zero attached hydrogens (tertiary/aromatic N) is 1. The van der Waals surface area contributed by atoms with Crippen LogP contribution in [-0.2, 0) is 6.42 Å². The number of hydrogen-bond acceptors (Lipinski definition) is 3. The highest BCUT2D eigenvalue weighted by atomic mass is 32.1. The van der Waals surface area contributed by atoms with Gasteiger partial charge in [0.05, 0.1) is 0 Å². The number of hydrogen-bond donors (Lipinski definition) is 1. The lowest BCUT2D eigenvalue weighted by molar-refractivity contribution is 0.102. The van der Waals surface area contributed by atoms with E-state index >= 15 is 0 Å². The highest BCUT2D eigenvalue weighted by Crippen LogP contribution is 2.36. The summed E-state index contributed by atoms with van der Waals surface area (Å²) in [4.78, 5) is 4.29. The van der Waals surface area contributed by atoms with Gasteiger partial charge >= 0.3 is 0 Å². The molecule has 0 amide bonds. The summed E-state index contributed by atoms with van der Waals surface area (Å²) in [5, 5.41) is 6.01. The normalized spacial score (nSPS) is 31.1. The van der Waals surface area contributed by atoms with Crippen molar-refractivity contribution in [3.05, 3.63) is 21.9 Å². The highest BCUT2D eigenvalue weighted by Gasteiger charge is 2.35. The van der Waals surface area contributed by atoms with Crippen molar-refractivity contribution < 1.29 is 0 Å². The van der Waals surface area contributed by atoms with Crippen molar-refractivity contribution in [2.75, 3.05) is 19.6 Å². The zero-order valence-electron chi connectivity index (χ0n) is 12.4. The molecule has 2 aliphatic heterocycles. The molecule has 2 aliphatic rings. The summed E-state index contributed by atoms with van der Waals surface area (Å²) in [6, 6.07) is 3.56. The molecule has 19 heavy (non-hydrogen) atoms. The first kappa shape index (κ1) is 13.6. The second kappa shape index (κ2) is 5.19. The van der Waals surface area contributed by atoms with Crippen LogP contribution in [0.15, 0.2) is 11.4 Å². The predicted octanol–water partition coefficient (Wildman–Crippen LogP) is 3.45. The molecule has 0 aromatic carbocycles. The Labute approximate surface area is 121 Å². The first-order valence-corrected chi connectivity index (χ1v) is 8.49. The van der Waals surface area contributed by atoms with Gasteiger partial charge in [-0.2, -0.15) is 0 Å². The van der Waals surface area contributed by atoms with Crippen molar-refractivity contribution in [1.29, 1.82) is 0 Å². The van der Waals surface area contributed by atoms with Crippen LogP contribution in [0.1, 0.15) is 50.1 Å². The average Bonchev–Trinajstić information content (AvgIpc) is 2.84. The highest BCUT2D eigenvalue weighted by molar-refractivity contribution is 7.10. The molecule has 0 spiro atoms. The number of fused-ring (bicyclic) bond motifs is 1. The Kier molecular flexibility index (Phi) is 3.71. The molecule has 3 heteroatoms. The molecule has 2 nitrogen and oxygen atoms in total. The number of nitrogens with one attached hydrogen (secondary N) is 1. The smallest absolute Gasteiger partial charge is 0.0331 e. The van der Waals surface area contributed by atoms with E-state index in [0.29, 0.717) is 17.5 Å². The second-order valence-corrected chi connectivity index (χ2v) is 7.82. The molecule has 1 aromatic rings. The van der Waals surface area contributed by atoms with E-state index in [4.69, 9.17) is 0 Å². The molecule has 0 radical (unpaired) electrons. The summed E-state index contributed by atoms with van der Waals surface area (Å²) in [6.45, 7) is 10.8. The van der Waals surface area contributed by atoms with E-state index in [1.165, 1.54) is 38.9 Å². The summed E-state index contributed by atoms with van der Waals surface area (Å²) in [7, 11) is 0. The van der Waals surface area contributed by atoms with Gasteiger partial charge in [0.1, 0.15) is 0 Å². The molecule has 3 rings (SSSR count). The van der Waals surface area contributed by atoms with Gasteiger partial charge in [-0.05, 0) is 55.2 Å². The second-order valence-electron chi connectivity index (χ2n) is 6.82. The molecular formula is C16H26N2S. The maximum Gasteiger partial charge on any atom is 0.0331 e. The molecule has 3 heterocycles. The van der Waals surface area contributed by atoms with Gasteiger partial charge in [0.25, 0.3) is 0 Å². The van der Waals surface area contributed by atoms with Gasteiger partial charge in [-0.3, -0.25) is 4.90 Å². The van der Waals surface area contributed by atoms with E-state index in [0.717, 1.165) is 0 Å². The van der Waals surface area contributed by atoms with Crippen LogP contribution in [0, 0.1) is 5.41 Å². The van der Waals surface area contributed by atoms with Crippen LogP contribution < -0.4 is 5.32 Å². The van der Waals surface area contributed by atoms with Crippen molar-refractivity contribution in [2.45, 2.75) is 52.1 Å². The summed E-state index contributed by atoms with van der Waals surface area (Å²) in [5.74, 6) is 0. The van der Waals surface area contributed by atoms with E-state index in [1.54, 1.807) is 10.4 Å². The van der Waals surface area contributed by atoms with Crippen LogP contribution in [0.4, 0.5) is 0 Å². The maximum atomic E-state index is 3.76. The fourth-order valence-corrected chi connectivity index (χ4v) is 4.59. The fraction of sp³-hybridized carbons (Fsp3) is 0.750. The first-order valence-electron chi connectivity index (χ1n) is 7.61. The predicted molar refractivity (Wildman–Crippen MR) is 82.8 cm³/mol. The first-order chi connectivity index (χ1) is 9.08. The number of thiophene rings is 1. The van der Waals surface area contributed by atoms with E-state index in [1.807, 2.05) is 11.3 Å². The van der Waals surface area contributed by atoms with Gasteiger partial charge in [0.2, 0.25) is 0 Å². The summed E-state index contributed by atoms with van der Waals surface area (Å²) in [5.41, 5.74) is 2.01. The molecule has 0 bridgehead atoms. The van der Waals surface area contributed by atoms with Crippen molar-refractivity contribution in [3.63, 3.8) is 0 Å².